The van der Waals surface area contributed by atoms with Crippen LogP contribution in [0.1, 0.15) is 25.6 Å². The van der Waals surface area contributed by atoms with Gasteiger partial charge in [-0.2, -0.15) is 0 Å². The maximum Gasteiger partial charge on any atom is 0.131 e. The van der Waals surface area contributed by atoms with Crippen molar-refractivity contribution in [2.24, 2.45) is 5.92 Å². The van der Waals surface area contributed by atoms with Crippen LogP contribution in [0.3, 0.4) is 0 Å². The number of aliphatic hydroxyl groups excluding tert-OH is 1. The third kappa shape index (κ3) is 4.02. The lowest BCUT2D eigenvalue weighted by molar-refractivity contribution is 0.258. The minimum atomic E-state index is 0.227. The second-order valence-electron chi connectivity index (χ2n) is 3.89. The van der Waals surface area contributed by atoms with Crippen molar-refractivity contribution in [3.05, 3.63) is 11.9 Å². The molecule has 5 heteroatoms. The monoisotopic (exact) mass is 224 g/mol. The van der Waals surface area contributed by atoms with Crippen molar-refractivity contribution >= 4 is 11.6 Å². The summed E-state index contributed by atoms with van der Waals surface area (Å²) in [5.74, 6) is 2.35. The van der Waals surface area contributed by atoms with Crippen molar-refractivity contribution in [3.63, 3.8) is 0 Å². The number of nitrogens with zero attached hydrogens (tertiary/aromatic N) is 2. The summed E-state index contributed by atoms with van der Waals surface area (Å²) in [6, 6.07) is 1.72. The van der Waals surface area contributed by atoms with Gasteiger partial charge in [0.15, 0.2) is 0 Å². The van der Waals surface area contributed by atoms with Gasteiger partial charge in [-0.15, -0.1) is 0 Å². The van der Waals surface area contributed by atoms with Gasteiger partial charge in [0.1, 0.15) is 17.5 Å². The number of aryl methyl sites for hydroxylation is 1. The van der Waals surface area contributed by atoms with E-state index in [0.717, 1.165) is 25.2 Å². The standard InChI is InChI=1S/C11H20N4O/c1-3-9(4-5-16)7-13-11-6-10(12)14-8(2)15-11/h6,9,16H,3-5,7H2,1-2H3,(H3,12,13,14,15). The first-order valence-corrected chi connectivity index (χ1v) is 5.61. The number of hydrogen-bond acceptors (Lipinski definition) is 5. The highest BCUT2D eigenvalue weighted by Crippen LogP contribution is 2.11. The van der Waals surface area contributed by atoms with E-state index in [2.05, 4.69) is 22.2 Å². The molecule has 5 nitrogen and oxygen atoms in total. The maximum absolute atomic E-state index is 8.88. The Morgan fingerprint density at radius 1 is 1.50 bits per heavy atom. The zero-order chi connectivity index (χ0) is 12.0. The topological polar surface area (TPSA) is 84.1 Å². The molecule has 0 radical (unpaired) electrons. The molecule has 0 saturated heterocycles. The summed E-state index contributed by atoms with van der Waals surface area (Å²) in [5, 5.41) is 12.1. The average Bonchev–Trinajstić information content (AvgIpc) is 2.23. The van der Waals surface area contributed by atoms with E-state index in [9.17, 15) is 0 Å². The quantitative estimate of drug-likeness (QED) is 0.676. The Balaban J connectivity index is 2.52. The van der Waals surface area contributed by atoms with Crippen molar-refractivity contribution in [1.82, 2.24) is 9.97 Å². The number of nitrogen functional groups attached to an aromatic ring is 1. The summed E-state index contributed by atoms with van der Waals surface area (Å²) in [6.45, 7) is 4.95. The predicted octanol–water partition coefficient (Wildman–Crippen LogP) is 1.19. The SMILES string of the molecule is CCC(CCO)CNc1cc(N)nc(C)n1. The number of nitrogens with two attached hydrogens (primary N) is 1. The van der Waals surface area contributed by atoms with Crippen LogP contribution < -0.4 is 11.1 Å². The van der Waals surface area contributed by atoms with Gasteiger partial charge in [-0.1, -0.05) is 13.3 Å². The van der Waals surface area contributed by atoms with Gasteiger partial charge in [-0.05, 0) is 19.3 Å². The van der Waals surface area contributed by atoms with E-state index in [1.54, 1.807) is 6.07 Å². The Kier molecular flexibility index (Phi) is 4.98. The number of aromatic nitrogens is 2. The van der Waals surface area contributed by atoms with E-state index in [4.69, 9.17) is 10.8 Å². The Morgan fingerprint density at radius 2 is 2.25 bits per heavy atom. The molecule has 0 aliphatic carbocycles. The second kappa shape index (κ2) is 6.27. The fourth-order valence-corrected chi connectivity index (χ4v) is 1.56. The van der Waals surface area contributed by atoms with Gasteiger partial charge in [-0.3, -0.25) is 0 Å². The van der Waals surface area contributed by atoms with Crippen molar-refractivity contribution in [2.75, 3.05) is 24.2 Å². The molecular weight excluding hydrogens is 204 g/mol. The molecule has 90 valence electrons. The Morgan fingerprint density at radius 3 is 2.81 bits per heavy atom. The van der Waals surface area contributed by atoms with E-state index in [1.807, 2.05) is 6.92 Å². The fraction of sp³-hybridized carbons (Fsp3) is 0.636. The molecule has 1 atom stereocenters. The van der Waals surface area contributed by atoms with Gasteiger partial charge in [0.05, 0.1) is 0 Å². The number of anilines is 2. The molecule has 4 N–H and O–H groups in total. The normalized spacial score (nSPS) is 12.4. The smallest absolute Gasteiger partial charge is 0.131 e. The van der Waals surface area contributed by atoms with Gasteiger partial charge in [0.2, 0.25) is 0 Å². The molecule has 0 aliphatic rings. The van der Waals surface area contributed by atoms with Crippen LogP contribution in [0.5, 0.6) is 0 Å². The fourth-order valence-electron chi connectivity index (χ4n) is 1.56. The Hall–Kier alpha value is -1.36. The van der Waals surface area contributed by atoms with Crippen molar-refractivity contribution < 1.29 is 5.11 Å². The first-order valence-electron chi connectivity index (χ1n) is 5.61. The summed E-state index contributed by atoms with van der Waals surface area (Å²) in [7, 11) is 0. The molecule has 1 unspecified atom stereocenters. The van der Waals surface area contributed by atoms with Crippen molar-refractivity contribution in [2.45, 2.75) is 26.7 Å². The summed E-state index contributed by atoms with van der Waals surface area (Å²) in [6.07, 6.45) is 1.84. The predicted molar refractivity (Wildman–Crippen MR) is 65.2 cm³/mol. The zero-order valence-corrected chi connectivity index (χ0v) is 9.90. The van der Waals surface area contributed by atoms with Gasteiger partial charge in [-0.25, -0.2) is 9.97 Å². The Bertz CT molecular complexity index is 310. The molecule has 0 fully saturated rings. The van der Waals surface area contributed by atoms with E-state index in [0.29, 0.717) is 17.6 Å². The highest BCUT2D eigenvalue weighted by atomic mass is 16.3. The third-order valence-electron chi connectivity index (χ3n) is 2.54. The first kappa shape index (κ1) is 12.7. The van der Waals surface area contributed by atoms with E-state index in [-0.39, 0.29) is 6.61 Å². The lowest BCUT2D eigenvalue weighted by Crippen LogP contribution is -2.16. The molecule has 1 aromatic heterocycles. The van der Waals surface area contributed by atoms with Crippen LogP contribution in [0, 0.1) is 12.8 Å². The molecule has 0 spiro atoms. The van der Waals surface area contributed by atoms with Crippen LogP contribution in [0.4, 0.5) is 11.6 Å². The van der Waals surface area contributed by atoms with Crippen LogP contribution >= 0.6 is 0 Å². The number of nitrogens with one attached hydrogen (secondary N) is 1. The maximum atomic E-state index is 8.88. The van der Waals surface area contributed by atoms with Gasteiger partial charge in [0, 0.05) is 19.2 Å². The van der Waals surface area contributed by atoms with Crippen LogP contribution in [-0.2, 0) is 0 Å². The average molecular weight is 224 g/mol. The summed E-state index contributed by atoms with van der Waals surface area (Å²) in [4.78, 5) is 8.24. The molecule has 1 heterocycles. The number of rotatable bonds is 6. The minimum Gasteiger partial charge on any atom is -0.396 e. The van der Waals surface area contributed by atoms with Crippen LogP contribution in [0.15, 0.2) is 6.07 Å². The molecule has 0 bridgehead atoms. The van der Waals surface area contributed by atoms with E-state index < -0.39 is 0 Å². The molecular formula is C11H20N4O. The van der Waals surface area contributed by atoms with Crippen molar-refractivity contribution in [1.29, 1.82) is 0 Å². The zero-order valence-electron chi connectivity index (χ0n) is 9.90. The minimum absolute atomic E-state index is 0.227. The summed E-state index contributed by atoms with van der Waals surface area (Å²) < 4.78 is 0. The highest BCUT2D eigenvalue weighted by Gasteiger charge is 2.06. The van der Waals surface area contributed by atoms with Crippen LogP contribution in [0.2, 0.25) is 0 Å². The molecule has 0 amide bonds. The van der Waals surface area contributed by atoms with Gasteiger partial charge in [0.25, 0.3) is 0 Å². The van der Waals surface area contributed by atoms with E-state index >= 15 is 0 Å². The largest absolute Gasteiger partial charge is 0.396 e. The molecule has 16 heavy (non-hydrogen) atoms. The second-order valence-corrected chi connectivity index (χ2v) is 3.89. The van der Waals surface area contributed by atoms with E-state index in [1.165, 1.54) is 0 Å². The molecule has 0 aliphatic heterocycles. The number of hydrogen-bond donors (Lipinski definition) is 3. The first-order chi connectivity index (χ1) is 7.65. The van der Waals surface area contributed by atoms with Crippen molar-refractivity contribution in [3.8, 4) is 0 Å². The Labute approximate surface area is 96.1 Å². The molecule has 0 saturated carbocycles. The third-order valence-corrected chi connectivity index (χ3v) is 2.54. The number of aliphatic hydroxyl groups is 1. The summed E-state index contributed by atoms with van der Waals surface area (Å²) in [5.41, 5.74) is 5.63. The molecule has 0 aromatic carbocycles. The van der Waals surface area contributed by atoms with Gasteiger partial charge < -0.3 is 16.2 Å². The summed E-state index contributed by atoms with van der Waals surface area (Å²) >= 11 is 0. The van der Waals surface area contributed by atoms with Crippen LogP contribution in [-0.4, -0.2) is 28.2 Å². The highest BCUT2D eigenvalue weighted by molar-refractivity contribution is 5.44. The molecule has 1 rings (SSSR count). The van der Waals surface area contributed by atoms with Crippen LogP contribution in [0.25, 0.3) is 0 Å². The molecule has 1 aromatic rings. The lowest BCUT2D eigenvalue weighted by atomic mass is 10.0. The lowest BCUT2D eigenvalue weighted by Gasteiger charge is -2.14. The van der Waals surface area contributed by atoms with Gasteiger partial charge >= 0.3 is 0 Å².